The number of rotatable bonds is 7. The molecule has 110 valence electrons. The molecule has 5 heteroatoms. The first-order valence-corrected chi connectivity index (χ1v) is 7.07. The lowest BCUT2D eigenvalue weighted by molar-refractivity contribution is 0.136. The number of nitrogens with zero attached hydrogens (tertiary/aromatic N) is 2. The molecule has 0 fully saturated rings. The Kier molecular flexibility index (Phi) is 4.98. The number of aliphatic hydroxyl groups is 1. The molecule has 0 amide bonds. The fraction of sp³-hybridized carbons (Fsp3) is 0.533. The Morgan fingerprint density at radius 3 is 2.90 bits per heavy atom. The standard InChI is InChI=1S/C15H23N3O2/c1-3-4-15-17-13-9-11(16)5-6-14(13)18(15)12(7-8-19)10-20-2/h5-6,9,12,19H,3-4,7-8,10,16H2,1-2H3. The number of nitrogens with two attached hydrogens (primary N) is 1. The third-order valence-corrected chi connectivity index (χ3v) is 3.45. The van der Waals surface area contributed by atoms with E-state index in [2.05, 4.69) is 11.5 Å². The number of anilines is 1. The van der Waals surface area contributed by atoms with Crippen LogP contribution >= 0.6 is 0 Å². The van der Waals surface area contributed by atoms with E-state index < -0.39 is 0 Å². The highest BCUT2D eigenvalue weighted by molar-refractivity contribution is 5.79. The molecule has 0 aliphatic heterocycles. The van der Waals surface area contributed by atoms with Gasteiger partial charge in [-0.25, -0.2) is 4.98 Å². The molecule has 1 aromatic carbocycles. The summed E-state index contributed by atoms with van der Waals surface area (Å²) >= 11 is 0. The first kappa shape index (κ1) is 14.8. The predicted molar refractivity (Wildman–Crippen MR) is 80.8 cm³/mol. The van der Waals surface area contributed by atoms with Crippen LogP contribution in [0.4, 0.5) is 5.69 Å². The van der Waals surface area contributed by atoms with Gasteiger partial charge in [-0.2, -0.15) is 0 Å². The molecule has 0 radical (unpaired) electrons. The minimum Gasteiger partial charge on any atom is -0.399 e. The van der Waals surface area contributed by atoms with Crippen LogP contribution in [0, 0.1) is 0 Å². The van der Waals surface area contributed by atoms with E-state index in [-0.39, 0.29) is 12.6 Å². The van der Waals surface area contributed by atoms with Gasteiger partial charge in [0.25, 0.3) is 0 Å². The molecule has 1 atom stereocenters. The summed E-state index contributed by atoms with van der Waals surface area (Å²) in [6.07, 6.45) is 2.58. The average Bonchev–Trinajstić information content (AvgIpc) is 2.76. The highest BCUT2D eigenvalue weighted by atomic mass is 16.5. The SMILES string of the molecule is CCCc1nc2cc(N)ccc2n1C(CCO)COC. The van der Waals surface area contributed by atoms with Crippen molar-refractivity contribution in [2.45, 2.75) is 32.2 Å². The second-order valence-corrected chi connectivity index (χ2v) is 5.02. The van der Waals surface area contributed by atoms with Crippen molar-refractivity contribution >= 4 is 16.7 Å². The van der Waals surface area contributed by atoms with E-state index in [9.17, 15) is 5.11 Å². The number of aromatic nitrogens is 2. The lowest BCUT2D eigenvalue weighted by atomic mass is 10.2. The van der Waals surface area contributed by atoms with Crippen LogP contribution in [0.3, 0.4) is 0 Å². The first-order chi connectivity index (χ1) is 9.71. The van der Waals surface area contributed by atoms with Crippen LogP contribution in [-0.4, -0.2) is 35.0 Å². The van der Waals surface area contributed by atoms with Crippen LogP contribution in [0.15, 0.2) is 18.2 Å². The topological polar surface area (TPSA) is 73.3 Å². The van der Waals surface area contributed by atoms with Crippen molar-refractivity contribution in [3.63, 3.8) is 0 Å². The monoisotopic (exact) mass is 277 g/mol. The maximum atomic E-state index is 9.29. The maximum Gasteiger partial charge on any atom is 0.110 e. The number of ether oxygens (including phenoxy) is 1. The Bertz CT molecular complexity index is 559. The molecule has 1 unspecified atom stereocenters. The highest BCUT2D eigenvalue weighted by Crippen LogP contribution is 2.26. The molecule has 0 bridgehead atoms. The Morgan fingerprint density at radius 2 is 2.25 bits per heavy atom. The van der Waals surface area contributed by atoms with E-state index >= 15 is 0 Å². The zero-order valence-corrected chi connectivity index (χ0v) is 12.2. The maximum absolute atomic E-state index is 9.29. The van der Waals surface area contributed by atoms with Crippen LogP contribution in [0.25, 0.3) is 11.0 Å². The molecule has 0 aliphatic carbocycles. The van der Waals surface area contributed by atoms with Crippen molar-refractivity contribution in [3.8, 4) is 0 Å². The average molecular weight is 277 g/mol. The van der Waals surface area contributed by atoms with E-state index in [0.29, 0.717) is 13.0 Å². The van der Waals surface area contributed by atoms with Gasteiger partial charge in [-0.15, -0.1) is 0 Å². The van der Waals surface area contributed by atoms with E-state index in [4.69, 9.17) is 15.5 Å². The van der Waals surface area contributed by atoms with Crippen molar-refractivity contribution in [1.29, 1.82) is 0 Å². The second-order valence-electron chi connectivity index (χ2n) is 5.02. The predicted octanol–water partition coefficient (Wildman–Crippen LogP) is 2.14. The van der Waals surface area contributed by atoms with Gasteiger partial charge in [-0.05, 0) is 31.0 Å². The van der Waals surface area contributed by atoms with Crippen LogP contribution in [0.2, 0.25) is 0 Å². The molecule has 2 aromatic rings. The second kappa shape index (κ2) is 6.72. The summed E-state index contributed by atoms with van der Waals surface area (Å²) in [5.74, 6) is 1.03. The molecule has 0 saturated heterocycles. The Hall–Kier alpha value is -1.59. The molecule has 0 aliphatic rings. The number of benzene rings is 1. The third kappa shape index (κ3) is 2.94. The van der Waals surface area contributed by atoms with Gasteiger partial charge in [0.05, 0.1) is 23.7 Å². The first-order valence-electron chi connectivity index (χ1n) is 7.07. The smallest absolute Gasteiger partial charge is 0.110 e. The van der Waals surface area contributed by atoms with Crippen molar-refractivity contribution in [1.82, 2.24) is 9.55 Å². The van der Waals surface area contributed by atoms with Crippen molar-refractivity contribution < 1.29 is 9.84 Å². The fourth-order valence-corrected chi connectivity index (χ4v) is 2.60. The third-order valence-electron chi connectivity index (χ3n) is 3.45. The zero-order chi connectivity index (χ0) is 14.5. The van der Waals surface area contributed by atoms with Crippen molar-refractivity contribution in [2.75, 3.05) is 26.1 Å². The summed E-state index contributed by atoms with van der Waals surface area (Å²) < 4.78 is 7.49. The summed E-state index contributed by atoms with van der Waals surface area (Å²) in [6.45, 7) is 2.83. The normalized spacial score (nSPS) is 12.9. The van der Waals surface area contributed by atoms with E-state index in [1.807, 2.05) is 18.2 Å². The molecule has 5 nitrogen and oxygen atoms in total. The van der Waals surface area contributed by atoms with E-state index in [1.54, 1.807) is 7.11 Å². The molecule has 0 saturated carbocycles. The summed E-state index contributed by atoms with van der Waals surface area (Å²) in [7, 11) is 1.68. The minimum absolute atomic E-state index is 0.0974. The highest BCUT2D eigenvalue weighted by Gasteiger charge is 2.18. The quantitative estimate of drug-likeness (QED) is 0.760. The molecule has 20 heavy (non-hydrogen) atoms. The van der Waals surface area contributed by atoms with Gasteiger partial charge >= 0.3 is 0 Å². The lowest BCUT2D eigenvalue weighted by Crippen LogP contribution is -2.18. The number of aliphatic hydroxyl groups excluding tert-OH is 1. The number of methoxy groups -OCH3 is 1. The Balaban J connectivity index is 2.53. The van der Waals surface area contributed by atoms with Crippen LogP contribution in [0.1, 0.15) is 31.6 Å². The number of aryl methyl sites for hydroxylation is 1. The molecular weight excluding hydrogens is 254 g/mol. The van der Waals surface area contributed by atoms with E-state index in [0.717, 1.165) is 35.4 Å². The zero-order valence-electron chi connectivity index (χ0n) is 12.2. The lowest BCUT2D eigenvalue weighted by Gasteiger charge is -2.20. The van der Waals surface area contributed by atoms with Crippen molar-refractivity contribution in [2.24, 2.45) is 0 Å². The van der Waals surface area contributed by atoms with Crippen molar-refractivity contribution in [3.05, 3.63) is 24.0 Å². The number of imidazole rings is 1. The summed E-state index contributed by atoms with van der Waals surface area (Å²) in [5, 5.41) is 9.29. The van der Waals surface area contributed by atoms with Gasteiger partial charge in [0.2, 0.25) is 0 Å². The molecule has 1 heterocycles. The molecule has 2 rings (SSSR count). The van der Waals surface area contributed by atoms with Crippen LogP contribution in [-0.2, 0) is 11.2 Å². The van der Waals surface area contributed by atoms with Gasteiger partial charge in [-0.1, -0.05) is 6.92 Å². The van der Waals surface area contributed by atoms with Gasteiger partial charge < -0.3 is 20.1 Å². The molecule has 1 aromatic heterocycles. The molecular formula is C15H23N3O2. The van der Waals surface area contributed by atoms with Gasteiger partial charge in [0.15, 0.2) is 0 Å². The molecule has 0 spiro atoms. The van der Waals surface area contributed by atoms with E-state index in [1.165, 1.54) is 0 Å². The summed E-state index contributed by atoms with van der Waals surface area (Å²) in [4.78, 5) is 4.69. The Labute approximate surface area is 119 Å². The van der Waals surface area contributed by atoms with Gasteiger partial charge in [0.1, 0.15) is 5.82 Å². The molecule has 3 N–H and O–H groups in total. The van der Waals surface area contributed by atoms with Gasteiger partial charge in [0, 0.05) is 25.8 Å². The summed E-state index contributed by atoms with van der Waals surface area (Å²) in [6, 6.07) is 5.88. The summed E-state index contributed by atoms with van der Waals surface area (Å²) in [5.41, 5.74) is 8.52. The fourth-order valence-electron chi connectivity index (χ4n) is 2.60. The van der Waals surface area contributed by atoms with Crippen LogP contribution in [0.5, 0.6) is 0 Å². The number of hydrogen-bond donors (Lipinski definition) is 2. The number of nitrogen functional groups attached to an aromatic ring is 1. The minimum atomic E-state index is 0.0974. The number of fused-ring (bicyclic) bond motifs is 1. The Morgan fingerprint density at radius 1 is 1.45 bits per heavy atom. The van der Waals surface area contributed by atoms with Crippen LogP contribution < -0.4 is 5.73 Å². The van der Waals surface area contributed by atoms with Gasteiger partial charge in [-0.3, -0.25) is 0 Å². The largest absolute Gasteiger partial charge is 0.399 e. The number of hydrogen-bond acceptors (Lipinski definition) is 4.